The number of aromatic amines is 1. The molecule has 0 radical (unpaired) electrons. The Bertz CT molecular complexity index is 1160. The van der Waals surface area contributed by atoms with Crippen molar-refractivity contribution in [2.24, 2.45) is 5.41 Å². The van der Waals surface area contributed by atoms with Crippen LogP contribution in [-0.4, -0.2) is 60.9 Å². The van der Waals surface area contributed by atoms with E-state index in [9.17, 15) is 4.39 Å². The zero-order chi connectivity index (χ0) is 24.4. The number of aromatic nitrogens is 2. The van der Waals surface area contributed by atoms with Crippen molar-refractivity contribution in [2.45, 2.75) is 51.6 Å². The fourth-order valence-corrected chi connectivity index (χ4v) is 5.34. The van der Waals surface area contributed by atoms with Crippen LogP contribution in [0, 0.1) is 5.41 Å². The Labute approximate surface area is 207 Å². The summed E-state index contributed by atoms with van der Waals surface area (Å²) in [6, 6.07) is 10.9. The van der Waals surface area contributed by atoms with Crippen LogP contribution in [0.4, 0.5) is 4.39 Å². The Morgan fingerprint density at radius 3 is 2.86 bits per heavy atom. The smallest absolute Gasteiger partial charge is 0.217 e. The summed E-state index contributed by atoms with van der Waals surface area (Å²) in [6.45, 7) is 7.26. The first kappa shape index (κ1) is 24.1. The number of benzene rings is 1. The molecule has 0 amide bonds. The third kappa shape index (κ3) is 5.02. The van der Waals surface area contributed by atoms with Crippen molar-refractivity contribution >= 4 is 10.9 Å². The Kier molecular flexibility index (Phi) is 6.98. The van der Waals surface area contributed by atoms with E-state index in [2.05, 4.69) is 58.3 Å². The summed E-state index contributed by atoms with van der Waals surface area (Å²) in [4.78, 5) is 11.1. The van der Waals surface area contributed by atoms with E-state index in [1.54, 1.807) is 7.11 Å². The van der Waals surface area contributed by atoms with Crippen LogP contribution in [0.1, 0.15) is 56.0 Å². The van der Waals surface area contributed by atoms with Crippen LogP contribution in [0.2, 0.25) is 0 Å². The van der Waals surface area contributed by atoms with Gasteiger partial charge in [-0.1, -0.05) is 25.1 Å². The zero-order valence-corrected chi connectivity index (χ0v) is 21.1. The summed E-state index contributed by atoms with van der Waals surface area (Å²) >= 11 is 0. The maximum absolute atomic E-state index is 12.2. The molecule has 0 bridgehead atoms. The number of nitrogens with one attached hydrogen (secondary N) is 2. The molecule has 2 aliphatic rings. The SMILES string of the molecule is COc1cc(OCCNCCCF)ncc1[C@@H]1c2[nH]c3ccccc3c2C[C@@H](C)N1CC1(C)CC1. The number of nitrogens with zero attached hydrogens (tertiary/aromatic N) is 2. The number of methoxy groups -OCH3 is 1. The third-order valence-electron chi connectivity index (χ3n) is 7.59. The van der Waals surface area contributed by atoms with E-state index in [1.807, 2.05) is 12.3 Å². The molecule has 1 aromatic carbocycles. The number of ether oxygens (including phenoxy) is 2. The van der Waals surface area contributed by atoms with Crippen molar-refractivity contribution in [3.63, 3.8) is 0 Å². The molecule has 2 N–H and O–H groups in total. The number of alkyl halides is 1. The minimum absolute atomic E-state index is 0.0393. The zero-order valence-electron chi connectivity index (χ0n) is 21.1. The van der Waals surface area contributed by atoms with Gasteiger partial charge in [0, 0.05) is 53.6 Å². The van der Waals surface area contributed by atoms with E-state index < -0.39 is 0 Å². The summed E-state index contributed by atoms with van der Waals surface area (Å²) in [6.07, 6.45) is 6.03. The lowest BCUT2D eigenvalue weighted by Crippen LogP contribution is -2.45. The highest BCUT2D eigenvalue weighted by atomic mass is 19.1. The minimum atomic E-state index is -0.303. The molecule has 1 fully saturated rings. The fraction of sp³-hybridized carbons (Fsp3) is 0.536. The molecule has 7 heteroatoms. The highest BCUT2D eigenvalue weighted by Crippen LogP contribution is 2.50. The van der Waals surface area contributed by atoms with Gasteiger partial charge in [-0.2, -0.15) is 0 Å². The van der Waals surface area contributed by atoms with E-state index in [0.717, 1.165) is 24.3 Å². The molecule has 6 nitrogen and oxygen atoms in total. The van der Waals surface area contributed by atoms with Gasteiger partial charge in [0.2, 0.25) is 5.88 Å². The molecule has 1 saturated carbocycles. The topological polar surface area (TPSA) is 62.4 Å². The van der Waals surface area contributed by atoms with Crippen LogP contribution in [-0.2, 0) is 6.42 Å². The molecule has 1 aliphatic carbocycles. The van der Waals surface area contributed by atoms with Gasteiger partial charge in [0.1, 0.15) is 12.4 Å². The number of rotatable bonds is 11. The summed E-state index contributed by atoms with van der Waals surface area (Å²) in [5, 5.41) is 4.48. The highest BCUT2D eigenvalue weighted by molar-refractivity contribution is 5.85. The second-order valence-corrected chi connectivity index (χ2v) is 10.4. The van der Waals surface area contributed by atoms with Gasteiger partial charge >= 0.3 is 0 Å². The average Bonchev–Trinajstić information content (AvgIpc) is 3.49. The monoisotopic (exact) mass is 480 g/mol. The Hall–Kier alpha value is -2.64. The number of halogens is 1. The molecule has 3 heterocycles. The molecule has 2 aromatic heterocycles. The Balaban J connectivity index is 1.46. The van der Waals surface area contributed by atoms with Crippen LogP contribution in [0.5, 0.6) is 11.6 Å². The first-order valence-electron chi connectivity index (χ1n) is 12.8. The quantitative estimate of drug-likeness (QED) is 0.377. The first-order chi connectivity index (χ1) is 17.0. The molecule has 2 atom stereocenters. The van der Waals surface area contributed by atoms with E-state index >= 15 is 0 Å². The van der Waals surface area contributed by atoms with Gasteiger partial charge in [-0.25, -0.2) is 4.98 Å². The fourth-order valence-electron chi connectivity index (χ4n) is 5.34. The number of pyridine rings is 1. The van der Waals surface area contributed by atoms with Gasteiger partial charge in [-0.05, 0) is 56.2 Å². The predicted molar refractivity (Wildman–Crippen MR) is 137 cm³/mol. The highest BCUT2D eigenvalue weighted by Gasteiger charge is 2.45. The minimum Gasteiger partial charge on any atom is -0.496 e. The standard InChI is InChI=1S/C28H37FN4O2/c1-19-15-21-20-7-4-5-8-23(20)32-26(21)27(33(19)18-28(2)9-10-28)22-17-31-25(16-24(22)34-3)35-14-13-30-12-6-11-29/h4-5,7-8,16-17,19,27,30,32H,6,9-15,18H2,1-3H3/t19-,27-/m1/s1. The predicted octanol–water partition coefficient (Wildman–Crippen LogP) is 5.04. The molecule has 3 aromatic rings. The second kappa shape index (κ2) is 10.2. The molecule has 188 valence electrons. The molecule has 1 aliphatic heterocycles. The van der Waals surface area contributed by atoms with E-state index in [4.69, 9.17) is 9.47 Å². The van der Waals surface area contributed by atoms with Gasteiger partial charge in [0.05, 0.1) is 19.8 Å². The van der Waals surface area contributed by atoms with Crippen LogP contribution in [0.15, 0.2) is 36.5 Å². The molecule has 5 rings (SSSR count). The summed E-state index contributed by atoms with van der Waals surface area (Å²) < 4.78 is 24.0. The number of hydrogen-bond acceptors (Lipinski definition) is 5. The van der Waals surface area contributed by atoms with Crippen molar-refractivity contribution in [2.75, 3.05) is 40.0 Å². The first-order valence-corrected chi connectivity index (χ1v) is 12.8. The molecular formula is C28H37FN4O2. The van der Waals surface area contributed by atoms with Crippen LogP contribution in [0.3, 0.4) is 0 Å². The summed E-state index contributed by atoms with van der Waals surface area (Å²) in [5.74, 6) is 1.33. The normalized spacial score (nSPS) is 21.1. The van der Waals surface area contributed by atoms with Crippen LogP contribution >= 0.6 is 0 Å². The lowest BCUT2D eigenvalue weighted by molar-refractivity contribution is 0.119. The summed E-state index contributed by atoms with van der Waals surface area (Å²) in [7, 11) is 1.71. The van der Waals surface area contributed by atoms with Crippen molar-refractivity contribution in [3.8, 4) is 11.6 Å². The Morgan fingerprint density at radius 1 is 1.26 bits per heavy atom. The van der Waals surface area contributed by atoms with Crippen molar-refractivity contribution < 1.29 is 13.9 Å². The van der Waals surface area contributed by atoms with Crippen molar-refractivity contribution in [1.29, 1.82) is 0 Å². The molecule has 0 saturated heterocycles. The Morgan fingerprint density at radius 2 is 2.09 bits per heavy atom. The maximum Gasteiger partial charge on any atom is 0.217 e. The number of hydrogen-bond donors (Lipinski definition) is 2. The lowest BCUT2D eigenvalue weighted by atomic mass is 9.87. The van der Waals surface area contributed by atoms with E-state index in [0.29, 0.717) is 43.5 Å². The number of para-hydroxylation sites is 1. The third-order valence-corrected chi connectivity index (χ3v) is 7.59. The summed E-state index contributed by atoms with van der Waals surface area (Å²) in [5.41, 5.74) is 5.27. The van der Waals surface area contributed by atoms with E-state index in [1.165, 1.54) is 35.0 Å². The van der Waals surface area contributed by atoms with E-state index in [-0.39, 0.29) is 12.7 Å². The van der Waals surface area contributed by atoms with Crippen LogP contribution < -0.4 is 14.8 Å². The second-order valence-electron chi connectivity index (χ2n) is 10.4. The van der Waals surface area contributed by atoms with Crippen molar-refractivity contribution in [3.05, 3.63) is 53.3 Å². The largest absolute Gasteiger partial charge is 0.496 e. The molecule has 0 spiro atoms. The van der Waals surface area contributed by atoms with Gasteiger partial charge < -0.3 is 19.8 Å². The van der Waals surface area contributed by atoms with Gasteiger partial charge in [0.15, 0.2) is 0 Å². The maximum atomic E-state index is 12.2. The number of H-pyrrole nitrogens is 1. The van der Waals surface area contributed by atoms with Gasteiger partial charge in [0.25, 0.3) is 0 Å². The van der Waals surface area contributed by atoms with Gasteiger partial charge in [-0.3, -0.25) is 9.29 Å². The van der Waals surface area contributed by atoms with Gasteiger partial charge in [-0.15, -0.1) is 0 Å². The average molecular weight is 481 g/mol. The van der Waals surface area contributed by atoms with Crippen molar-refractivity contribution in [1.82, 2.24) is 20.2 Å². The molecule has 0 unspecified atom stereocenters. The van der Waals surface area contributed by atoms with Crippen LogP contribution in [0.25, 0.3) is 10.9 Å². The molecule has 35 heavy (non-hydrogen) atoms. The molecular weight excluding hydrogens is 443 g/mol. The lowest BCUT2D eigenvalue weighted by Gasteiger charge is -2.42. The number of fused-ring (bicyclic) bond motifs is 3.